The monoisotopic (exact) mass is 414 g/mol. The number of aliphatic carboxylic acids is 1. The Morgan fingerprint density at radius 2 is 2.11 bits per heavy atom. The summed E-state index contributed by atoms with van der Waals surface area (Å²) >= 11 is 7.84. The molecule has 2 heterocycles. The molecule has 0 fully saturated rings. The third kappa shape index (κ3) is 4.21. The minimum atomic E-state index is -0.922. The smallest absolute Gasteiger partial charge is 0.336 e. The largest absolute Gasteiger partial charge is 0.478 e. The van der Waals surface area contributed by atoms with Crippen molar-refractivity contribution in [3.63, 3.8) is 0 Å². The van der Waals surface area contributed by atoms with E-state index in [-0.39, 0.29) is 0 Å². The summed E-state index contributed by atoms with van der Waals surface area (Å²) in [6, 6.07) is 9.76. The molecule has 0 radical (unpaired) electrons. The quantitative estimate of drug-likeness (QED) is 0.450. The molecular weight excluding hydrogens is 392 g/mol. The van der Waals surface area contributed by atoms with E-state index in [1.807, 2.05) is 41.9 Å². The zero-order valence-corrected chi connectivity index (χ0v) is 17.6. The Morgan fingerprint density at radius 1 is 1.32 bits per heavy atom. The van der Waals surface area contributed by atoms with Gasteiger partial charge in [0.1, 0.15) is 5.82 Å². The van der Waals surface area contributed by atoms with Crippen LogP contribution in [-0.2, 0) is 17.8 Å². The van der Waals surface area contributed by atoms with Gasteiger partial charge < -0.3 is 9.67 Å². The first-order chi connectivity index (χ1) is 13.6. The average Bonchev–Trinajstić information content (AvgIpc) is 3.29. The van der Waals surface area contributed by atoms with E-state index in [9.17, 15) is 9.90 Å². The fourth-order valence-corrected chi connectivity index (χ4v) is 4.38. The van der Waals surface area contributed by atoms with Crippen LogP contribution < -0.4 is 0 Å². The number of rotatable bonds is 8. The van der Waals surface area contributed by atoms with E-state index in [1.165, 1.54) is 11.3 Å². The van der Waals surface area contributed by atoms with E-state index >= 15 is 0 Å². The van der Waals surface area contributed by atoms with Crippen molar-refractivity contribution in [2.75, 3.05) is 0 Å². The number of imidazole rings is 1. The number of aromatic nitrogens is 2. The maximum Gasteiger partial charge on any atom is 0.336 e. The Bertz CT molecular complexity index is 1000. The molecule has 0 saturated heterocycles. The molecule has 2 aromatic heterocycles. The van der Waals surface area contributed by atoms with E-state index in [0.29, 0.717) is 17.1 Å². The second kappa shape index (κ2) is 9.22. The first-order valence-electron chi connectivity index (χ1n) is 9.32. The molecule has 0 amide bonds. The highest BCUT2D eigenvalue weighted by Crippen LogP contribution is 2.35. The van der Waals surface area contributed by atoms with E-state index < -0.39 is 5.97 Å². The summed E-state index contributed by atoms with van der Waals surface area (Å²) in [6.07, 6.45) is 6.49. The Labute approximate surface area is 174 Å². The summed E-state index contributed by atoms with van der Waals surface area (Å²) in [7, 11) is 0. The molecule has 146 valence electrons. The van der Waals surface area contributed by atoms with E-state index in [2.05, 4.69) is 16.5 Å². The van der Waals surface area contributed by atoms with Crippen LogP contribution in [0.5, 0.6) is 0 Å². The van der Waals surface area contributed by atoms with Gasteiger partial charge in [0.15, 0.2) is 0 Å². The van der Waals surface area contributed by atoms with Gasteiger partial charge in [0.05, 0.1) is 28.9 Å². The van der Waals surface area contributed by atoms with Gasteiger partial charge in [-0.15, -0.1) is 11.3 Å². The van der Waals surface area contributed by atoms with Gasteiger partial charge in [-0.05, 0) is 36.4 Å². The summed E-state index contributed by atoms with van der Waals surface area (Å²) in [5.74, 6) is 0.0702. The third-order valence-electron chi connectivity index (χ3n) is 4.68. The van der Waals surface area contributed by atoms with Crippen molar-refractivity contribution >= 4 is 34.5 Å². The number of hydrogen-bond acceptors (Lipinski definition) is 3. The van der Waals surface area contributed by atoms with Crippen LogP contribution in [0.25, 0.3) is 16.8 Å². The number of unbranched alkanes of at least 4 members (excludes halogenated alkanes) is 1. The first-order valence-corrected chi connectivity index (χ1v) is 10.6. The summed E-state index contributed by atoms with van der Waals surface area (Å²) in [5, 5.41) is 12.2. The Hall–Kier alpha value is -2.37. The standard InChI is InChI=1S/C22H23ClN2O2S/c1-3-5-10-20-24-13-19(25(20)14-15-8-6-7-9-18(15)23)17-11-12-28-21(17)16(4-2)22(26)27/h4,6-9,11-13H,3,5,10,14H2,1-2H3,(H,26,27). The molecule has 28 heavy (non-hydrogen) atoms. The van der Waals surface area contributed by atoms with Crippen LogP contribution in [-0.4, -0.2) is 20.6 Å². The zero-order chi connectivity index (χ0) is 20.1. The van der Waals surface area contributed by atoms with Gasteiger partial charge in [0, 0.05) is 17.0 Å². The van der Waals surface area contributed by atoms with Crippen LogP contribution in [0.3, 0.4) is 0 Å². The normalized spacial score (nSPS) is 11.8. The highest BCUT2D eigenvalue weighted by atomic mass is 35.5. The molecule has 4 nitrogen and oxygen atoms in total. The molecule has 0 spiro atoms. The molecule has 6 heteroatoms. The molecular formula is C22H23ClN2O2S. The number of aryl methyl sites for hydroxylation is 1. The topological polar surface area (TPSA) is 55.1 Å². The molecule has 0 aliphatic rings. The number of carboxylic acid groups (broad SMARTS) is 1. The van der Waals surface area contributed by atoms with Crippen molar-refractivity contribution in [3.8, 4) is 11.3 Å². The van der Waals surface area contributed by atoms with Gasteiger partial charge in [-0.1, -0.05) is 49.2 Å². The fourth-order valence-electron chi connectivity index (χ4n) is 3.21. The van der Waals surface area contributed by atoms with Gasteiger partial charge in [-0.3, -0.25) is 0 Å². The van der Waals surface area contributed by atoms with Crippen molar-refractivity contribution in [1.29, 1.82) is 0 Å². The van der Waals surface area contributed by atoms with Crippen LogP contribution in [0.2, 0.25) is 5.02 Å². The predicted molar refractivity (Wildman–Crippen MR) is 116 cm³/mol. The molecule has 3 aromatic rings. The van der Waals surface area contributed by atoms with E-state index in [0.717, 1.165) is 46.8 Å². The lowest BCUT2D eigenvalue weighted by Gasteiger charge is -2.14. The minimum Gasteiger partial charge on any atom is -0.478 e. The summed E-state index contributed by atoms with van der Waals surface area (Å²) in [6.45, 7) is 4.51. The molecule has 1 aromatic carbocycles. The lowest BCUT2D eigenvalue weighted by Crippen LogP contribution is -2.08. The number of carbonyl (C=O) groups is 1. The minimum absolute atomic E-state index is 0.311. The highest BCUT2D eigenvalue weighted by molar-refractivity contribution is 7.12. The van der Waals surface area contributed by atoms with Gasteiger partial charge in [-0.25, -0.2) is 9.78 Å². The predicted octanol–water partition coefficient (Wildman–Crippen LogP) is 6.14. The van der Waals surface area contributed by atoms with E-state index in [4.69, 9.17) is 11.6 Å². The van der Waals surface area contributed by atoms with Crippen LogP contribution in [0.15, 0.2) is 48.0 Å². The Balaban J connectivity index is 2.10. The molecule has 0 saturated carbocycles. The van der Waals surface area contributed by atoms with Gasteiger partial charge >= 0.3 is 5.97 Å². The molecule has 0 unspecified atom stereocenters. The van der Waals surface area contributed by atoms with E-state index in [1.54, 1.807) is 13.0 Å². The Kier molecular flexibility index (Phi) is 6.70. The zero-order valence-electron chi connectivity index (χ0n) is 16.0. The summed E-state index contributed by atoms with van der Waals surface area (Å²) in [4.78, 5) is 17.1. The molecule has 0 atom stereocenters. The third-order valence-corrected chi connectivity index (χ3v) is 6.00. The number of thiophene rings is 1. The van der Waals surface area contributed by atoms with Crippen LogP contribution in [0.1, 0.15) is 43.0 Å². The SMILES string of the molecule is CC=C(C(=O)O)c1sccc1-c1cnc(CCCC)n1Cc1ccccc1Cl. The van der Waals surface area contributed by atoms with Crippen molar-refractivity contribution in [3.05, 3.63) is 69.3 Å². The average molecular weight is 415 g/mol. The lowest BCUT2D eigenvalue weighted by molar-refractivity contribution is -0.130. The van der Waals surface area contributed by atoms with Gasteiger partial charge in [0.2, 0.25) is 0 Å². The van der Waals surface area contributed by atoms with Crippen molar-refractivity contribution in [2.45, 2.75) is 39.7 Å². The van der Waals surface area contributed by atoms with Crippen LogP contribution >= 0.6 is 22.9 Å². The Morgan fingerprint density at radius 3 is 2.79 bits per heavy atom. The van der Waals surface area contributed by atoms with Gasteiger partial charge in [0.25, 0.3) is 0 Å². The molecule has 1 N–H and O–H groups in total. The summed E-state index contributed by atoms with van der Waals surface area (Å²) in [5.41, 5.74) is 3.14. The van der Waals surface area contributed by atoms with Crippen molar-refractivity contribution in [1.82, 2.24) is 9.55 Å². The maximum atomic E-state index is 11.7. The molecule has 3 rings (SSSR count). The number of benzene rings is 1. The second-order valence-corrected chi connectivity index (χ2v) is 7.83. The van der Waals surface area contributed by atoms with Crippen LogP contribution in [0.4, 0.5) is 0 Å². The fraction of sp³-hybridized carbons (Fsp3) is 0.273. The highest BCUT2D eigenvalue weighted by Gasteiger charge is 2.21. The maximum absolute atomic E-state index is 11.7. The molecule has 0 aliphatic heterocycles. The van der Waals surface area contributed by atoms with Crippen LogP contribution in [0, 0.1) is 0 Å². The van der Waals surface area contributed by atoms with Crippen molar-refractivity contribution < 1.29 is 9.90 Å². The van der Waals surface area contributed by atoms with Gasteiger partial charge in [-0.2, -0.15) is 0 Å². The first kappa shape index (κ1) is 20.4. The number of allylic oxidation sites excluding steroid dienone is 1. The number of halogens is 1. The number of carboxylic acids is 1. The second-order valence-electron chi connectivity index (χ2n) is 6.51. The van der Waals surface area contributed by atoms with Crippen molar-refractivity contribution in [2.24, 2.45) is 0 Å². The molecule has 0 bridgehead atoms. The summed E-state index contributed by atoms with van der Waals surface area (Å²) < 4.78 is 2.16. The number of nitrogens with zero attached hydrogens (tertiary/aromatic N) is 2. The lowest BCUT2D eigenvalue weighted by atomic mass is 10.1. The number of hydrogen-bond donors (Lipinski definition) is 1. The molecule has 0 aliphatic carbocycles.